The molecule has 0 aliphatic carbocycles. The number of carbonyl (C=O) groups excluding carboxylic acids is 2. The minimum atomic E-state index is -0.245. The van der Waals surface area contributed by atoms with Crippen LogP contribution in [0.1, 0.15) is 25.3 Å². The van der Waals surface area contributed by atoms with Crippen LogP contribution in [0.3, 0.4) is 0 Å². The first-order valence-corrected chi connectivity index (χ1v) is 7.96. The summed E-state index contributed by atoms with van der Waals surface area (Å²) in [4.78, 5) is 25.7. The van der Waals surface area contributed by atoms with Gasteiger partial charge in [-0.05, 0) is 35.7 Å². The molecule has 0 saturated heterocycles. The molecule has 0 radical (unpaired) electrons. The number of hydrogen-bond acceptors (Lipinski definition) is 3. The highest BCUT2D eigenvalue weighted by Crippen LogP contribution is 2.29. The zero-order chi connectivity index (χ0) is 17.1. The zero-order valence-electron chi connectivity index (χ0n) is 13.8. The van der Waals surface area contributed by atoms with E-state index in [4.69, 9.17) is 4.74 Å². The van der Waals surface area contributed by atoms with Gasteiger partial charge in [0.1, 0.15) is 12.3 Å². The fraction of sp³-hybridized carbons (Fsp3) is 0.263. The molecule has 1 N–H and O–H groups in total. The van der Waals surface area contributed by atoms with E-state index in [0.717, 1.165) is 0 Å². The van der Waals surface area contributed by atoms with E-state index >= 15 is 0 Å². The quantitative estimate of drug-likeness (QED) is 0.940. The van der Waals surface area contributed by atoms with E-state index in [1.165, 1.54) is 10.5 Å². The summed E-state index contributed by atoms with van der Waals surface area (Å²) in [6.07, 6.45) is 0. The molecule has 124 valence electrons. The van der Waals surface area contributed by atoms with E-state index in [-0.39, 0.29) is 25.0 Å². The van der Waals surface area contributed by atoms with Crippen molar-refractivity contribution >= 4 is 23.2 Å². The van der Waals surface area contributed by atoms with Gasteiger partial charge < -0.3 is 10.1 Å². The number of anilines is 2. The monoisotopic (exact) mass is 324 g/mol. The molecule has 0 spiro atoms. The van der Waals surface area contributed by atoms with E-state index in [2.05, 4.69) is 19.2 Å². The van der Waals surface area contributed by atoms with Gasteiger partial charge >= 0.3 is 0 Å². The van der Waals surface area contributed by atoms with E-state index in [1.807, 2.05) is 42.5 Å². The predicted octanol–water partition coefficient (Wildman–Crippen LogP) is 3.17. The Balaban J connectivity index is 1.68. The maximum Gasteiger partial charge on any atom is 0.265 e. The minimum Gasteiger partial charge on any atom is -0.484 e. The van der Waals surface area contributed by atoms with Crippen LogP contribution in [0, 0.1) is 0 Å². The van der Waals surface area contributed by atoms with E-state index in [9.17, 15) is 9.59 Å². The normalized spacial score (nSPS) is 13.5. The van der Waals surface area contributed by atoms with Gasteiger partial charge in [0.15, 0.2) is 6.61 Å². The number of para-hydroxylation sites is 2. The lowest BCUT2D eigenvalue weighted by Gasteiger charge is -2.29. The molecule has 2 amide bonds. The Hall–Kier alpha value is -2.82. The molecular weight excluding hydrogens is 304 g/mol. The van der Waals surface area contributed by atoms with Gasteiger partial charge in [-0.15, -0.1) is 0 Å². The molecule has 0 saturated carbocycles. The van der Waals surface area contributed by atoms with Crippen molar-refractivity contribution in [1.82, 2.24) is 0 Å². The number of nitrogens with one attached hydrogen (secondary N) is 1. The van der Waals surface area contributed by atoms with Gasteiger partial charge in [0.05, 0.1) is 11.4 Å². The van der Waals surface area contributed by atoms with Crippen molar-refractivity contribution in [3.8, 4) is 5.75 Å². The van der Waals surface area contributed by atoms with Gasteiger partial charge in [0.25, 0.3) is 5.91 Å². The lowest BCUT2D eigenvalue weighted by molar-refractivity contribution is -0.123. The molecule has 5 nitrogen and oxygen atoms in total. The summed E-state index contributed by atoms with van der Waals surface area (Å²) in [7, 11) is 0. The number of amides is 2. The smallest absolute Gasteiger partial charge is 0.265 e. The van der Waals surface area contributed by atoms with Crippen molar-refractivity contribution in [3.05, 3.63) is 54.1 Å². The number of benzene rings is 2. The molecule has 0 unspecified atom stereocenters. The molecule has 1 aliphatic heterocycles. The summed E-state index contributed by atoms with van der Waals surface area (Å²) in [5.41, 5.74) is 2.56. The molecule has 0 aromatic heterocycles. The summed E-state index contributed by atoms with van der Waals surface area (Å²) in [6, 6.07) is 14.9. The highest BCUT2D eigenvalue weighted by atomic mass is 16.5. The number of ether oxygens (including phenoxy) is 1. The van der Waals surface area contributed by atoms with Gasteiger partial charge in [-0.3, -0.25) is 14.5 Å². The van der Waals surface area contributed by atoms with E-state index in [0.29, 0.717) is 23.0 Å². The van der Waals surface area contributed by atoms with Gasteiger partial charge in [0, 0.05) is 0 Å². The summed E-state index contributed by atoms with van der Waals surface area (Å²) in [5, 5.41) is 2.76. The second-order valence-corrected chi connectivity index (χ2v) is 6.06. The Morgan fingerprint density at radius 2 is 1.88 bits per heavy atom. The van der Waals surface area contributed by atoms with Crippen LogP contribution in [0.5, 0.6) is 5.75 Å². The average Bonchev–Trinajstić information content (AvgIpc) is 2.59. The summed E-state index contributed by atoms with van der Waals surface area (Å²) in [5.74, 6) is 0.639. The molecule has 0 bridgehead atoms. The fourth-order valence-corrected chi connectivity index (χ4v) is 2.63. The first-order chi connectivity index (χ1) is 11.5. The maximum absolute atomic E-state index is 12.5. The molecule has 1 heterocycles. The van der Waals surface area contributed by atoms with Crippen molar-refractivity contribution in [2.75, 3.05) is 23.4 Å². The highest BCUT2D eigenvalue weighted by molar-refractivity contribution is 6.10. The summed E-state index contributed by atoms with van der Waals surface area (Å²) < 4.78 is 5.58. The number of fused-ring (bicyclic) bond motifs is 1. The van der Waals surface area contributed by atoms with Crippen LogP contribution in [0.2, 0.25) is 0 Å². The average molecular weight is 324 g/mol. The minimum absolute atomic E-state index is 0.00545. The third-order valence-corrected chi connectivity index (χ3v) is 3.98. The number of carbonyl (C=O) groups is 2. The Morgan fingerprint density at radius 3 is 2.58 bits per heavy atom. The van der Waals surface area contributed by atoms with Crippen molar-refractivity contribution in [2.24, 2.45) is 0 Å². The molecule has 2 aromatic rings. The van der Waals surface area contributed by atoms with Crippen LogP contribution in [-0.4, -0.2) is 25.0 Å². The topological polar surface area (TPSA) is 58.6 Å². The fourth-order valence-electron chi connectivity index (χ4n) is 2.63. The predicted molar refractivity (Wildman–Crippen MR) is 93.5 cm³/mol. The summed E-state index contributed by atoms with van der Waals surface area (Å²) >= 11 is 0. The third kappa shape index (κ3) is 3.40. The molecule has 5 heteroatoms. The first kappa shape index (κ1) is 16.1. The third-order valence-electron chi connectivity index (χ3n) is 3.98. The molecule has 3 rings (SSSR count). The maximum atomic E-state index is 12.5. The summed E-state index contributed by atoms with van der Waals surface area (Å²) in [6.45, 7) is 4.14. The van der Waals surface area contributed by atoms with E-state index in [1.54, 1.807) is 6.07 Å². The zero-order valence-corrected chi connectivity index (χ0v) is 13.8. The lowest BCUT2D eigenvalue weighted by Crippen LogP contribution is -2.44. The Labute approximate surface area is 141 Å². The lowest BCUT2D eigenvalue weighted by atomic mass is 10.0. The molecule has 1 aliphatic rings. The van der Waals surface area contributed by atoms with Gasteiger partial charge in [-0.2, -0.15) is 0 Å². The van der Waals surface area contributed by atoms with Crippen molar-refractivity contribution in [1.29, 1.82) is 0 Å². The number of rotatable bonds is 4. The Morgan fingerprint density at radius 1 is 1.17 bits per heavy atom. The Bertz CT molecular complexity index is 753. The van der Waals surface area contributed by atoms with Crippen molar-refractivity contribution in [2.45, 2.75) is 19.8 Å². The van der Waals surface area contributed by atoms with Crippen LogP contribution in [-0.2, 0) is 9.59 Å². The number of nitrogens with zero attached hydrogens (tertiary/aromatic N) is 1. The molecule has 24 heavy (non-hydrogen) atoms. The molecule has 0 fully saturated rings. The molecule has 2 aromatic carbocycles. The largest absolute Gasteiger partial charge is 0.484 e. The molecular formula is C19H20N2O3. The highest BCUT2D eigenvalue weighted by Gasteiger charge is 2.26. The standard InChI is InChI=1S/C19H20N2O3/c1-13(2)14-7-9-15(10-8-14)24-12-19(23)21-11-18(22)20-16-5-3-4-6-17(16)21/h3-10,13H,11-12H2,1-2H3,(H,20,22). The first-order valence-electron chi connectivity index (χ1n) is 7.96. The van der Waals surface area contributed by atoms with Crippen LogP contribution < -0.4 is 15.0 Å². The van der Waals surface area contributed by atoms with Crippen LogP contribution in [0.25, 0.3) is 0 Å². The van der Waals surface area contributed by atoms with Gasteiger partial charge in [-0.1, -0.05) is 38.1 Å². The second-order valence-electron chi connectivity index (χ2n) is 6.06. The Kier molecular flexibility index (Phi) is 4.51. The van der Waals surface area contributed by atoms with Crippen molar-refractivity contribution in [3.63, 3.8) is 0 Å². The van der Waals surface area contributed by atoms with Crippen LogP contribution in [0.15, 0.2) is 48.5 Å². The molecule has 0 atom stereocenters. The second kappa shape index (κ2) is 6.74. The number of hydrogen-bond donors (Lipinski definition) is 1. The van der Waals surface area contributed by atoms with Gasteiger partial charge in [-0.25, -0.2) is 0 Å². The van der Waals surface area contributed by atoms with Crippen LogP contribution in [0.4, 0.5) is 11.4 Å². The van der Waals surface area contributed by atoms with Crippen molar-refractivity contribution < 1.29 is 14.3 Å². The van der Waals surface area contributed by atoms with E-state index < -0.39 is 0 Å². The SMILES string of the molecule is CC(C)c1ccc(OCC(=O)N2CC(=O)Nc3ccccc32)cc1. The van der Waals surface area contributed by atoms with Crippen LogP contribution >= 0.6 is 0 Å². The van der Waals surface area contributed by atoms with Gasteiger partial charge in [0.2, 0.25) is 5.91 Å².